The molecule has 0 saturated heterocycles. The van der Waals surface area contributed by atoms with Gasteiger partial charge in [-0.2, -0.15) is 0 Å². The Bertz CT molecular complexity index is 1120. The maximum atomic E-state index is 13.0. The summed E-state index contributed by atoms with van der Waals surface area (Å²) in [5.74, 6) is 0. The second-order valence-electron chi connectivity index (χ2n) is 7.90. The van der Waals surface area contributed by atoms with E-state index in [1.807, 2.05) is 58.0 Å². The Balaban J connectivity index is 1.76. The zero-order chi connectivity index (χ0) is 20.1. The van der Waals surface area contributed by atoms with Gasteiger partial charge in [0.25, 0.3) is 0 Å². The highest BCUT2D eigenvalue weighted by atomic mass is 16.6. The van der Waals surface area contributed by atoms with Gasteiger partial charge < -0.3 is 4.74 Å². The largest absolute Gasteiger partial charge is 0.443 e. The number of nitrogens with zero attached hydrogens (tertiary/aromatic N) is 4. The van der Waals surface area contributed by atoms with Gasteiger partial charge in [0.1, 0.15) is 5.60 Å². The van der Waals surface area contributed by atoms with Crippen LogP contribution in [0.1, 0.15) is 33.3 Å². The van der Waals surface area contributed by atoms with Crippen molar-refractivity contribution in [3.8, 4) is 5.69 Å². The predicted molar refractivity (Wildman–Crippen MR) is 108 cm³/mol. The van der Waals surface area contributed by atoms with Crippen molar-refractivity contribution in [2.75, 3.05) is 11.4 Å². The average Bonchev–Trinajstić information content (AvgIpc) is 3.17. The second-order valence-corrected chi connectivity index (χ2v) is 7.90. The zero-order valence-corrected chi connectivity index (χ0v) is 16.6. The molecule has 0 spiro atoms. The minimum absolute atomic E-state index is 0.113. The molecule has 2 aromatic heterocycles. The molecular formula is C21H24N4O3. The van der Waals surface area contributed by atoms with E-state index in [1.54, 1.807) is 20.2 Å². The van der Waals surface area contributed by atoms with Crippen LogP contribution in [0.25, 0.3) is 16.9 Å². The highest BCUT2D eigenvalue weighted by Gasteiger charge is 2.29. The van der Waals surface area contributed by atoms with Crippen LogP contribution in [0.2, 0.25) is 0 Å². The standard InChI is InChI=1S/C21H24N4O3/c1-5-23-17-7-6-11-22-18(17)25(19(23)26)15-8-9-16-14(13-15)10-12-24(16)20(27)28-21(2,3)4/h6-9,11,13H,5,10,12H2,1-4H3. The lowest BCUT2D eigenvalue weighted by Crippen LogP contribution is -2.35. The van der Waals surface area contributed by atoms with Gasteiger partial charge in [0, 0.05) is 19.3 Å². The van der Waals surface area contributed by atoms with E-state index in [4.69, 9.17) is 4.74 Å². The number of pyridine rings is 1. The second kappa shape index (κ2) is 6.51. The maximum absolute atomic E-state index is 13.0. The average molecular weight is 380 g/mol. The number of ether oxygens (including phenoxy) is 1. The van der Waals surface area contributed by atoms with E-state index >= 15 is 0 Å². The molecule has 0 N–H and O–H groups in total. The number of aryl methyl sites for hydroxylation is 1. The van der Waals surface area contributed by atoms with Crippen molar-refractivity contribution < 1.29 is 9.53 Å². The molecule has 3 heterocycles. The summed E-state index contributed by atoms with van der Waals surface area (Å²) >= 11 is 0. The van der Waals surface area contributed by atoms with E-state index in [0.29, 0.717) is 18.7 Å². The van der Waals surface area contributed by atoms with E-state index < -0.39 is 5.60 Å². The first-order valence-corrected chi connectivity index (χ1v) is 9.50. The fourth-order valence-electron chi connectivity index (χ4n) is 3.66. The van der Waals surface area contributed by atoms with Crippen LogP contribution in [0.3, 0.4) is 0 Å². The predicted octanol–water partition coefficient (Wildman–Crippen LogP) is 3.50. The Kier molecular flexibility index (Phi) is 4.25. The smallest absolute Gasteiger partial charge is 0.414 e. The number of rotatable bonds is 2. The Morgan fingerprint density at radius 1 is 1.25 bits per heavy atom. The van der Waals surface area contributed by atoms with Gasteiger partial charge in [0.15, 0.2) is 5.65 Å². The highest BCUT2D eigenvalue weighted by molar-refractivity contribution is 5.91. The molecule has 1 aromatic carbocycles. The molecule has 0 bridgehead atoms. The van der Waals surface area contributed by atoms with Crippen LogP contribution >= 0.6 is 0 Å². The molecule has 1 aliphatic heterocycles. The third kappa shape index (κ3) is 2.96. The molecular weight excluding hydrogens is 356 g/mol. The van der Waals surface area contributed by atoms with Crippen LogP contribution in [0.5, 0.6) is 0 Å². The normalized spacial score (nSPS) is 13.8. The van der Waals surface area contributed by atoms with Gasteiger partial charge >= 0.3 is 11.8 Å². The van der Waals surface area contributed by atoms with E-state index in [2.05, 4.69) is 4.98 Å². The molecule has 1 aliphatic rings. The third-order valence-electron chi connectivity index (χ3n) is 4.84. The van der Waals surface area contributed by atoms with E-state index in [-0.39, 0.29) is 11.8 Å². The lowest BCUT2D eigenvalue weighted by atomic mass is 10.1. The number of hydrogen-bond donors (Lipinski definition) is 0. The van der Waals surface area contributed by atoms with Gasteiger partial charge in [-0.15, -0.1) is 0 Å². The first kappa shape index (κ1) is 18.3. The molecule has 0 fully saturated rings. The Morgan fingerprint density at radius 3 is 2.75 bits per heavy atom. The van der Waals surface area contributed by atoms with Gasteiger partial charge in [-0.1, -0.05) is 0 Å². The topological polar surface area (TPSA) is 69.4 Å². The summed E-state index contributed by atoms with van der Waals surface area (Å²) < 4.78 is 8.85. The van der Waals surface area contributed by atoms with E-state index in [9.17, 15) is 9.59 Å². The first-order valence-electron chi connectivity index (χ1n) is 9.50. The summed E-state index contributed by atoms with van der Waals surface area (Å²) in [5.41, 5.74) is 3.40. The van der Waals surface area contributed by atoms with Gasteiger partial charge in [-0.05, 0) is 70.0 Å². The number of hydrogen-bond acceptors (Lipinski definition) is 4. The monoisotopic (exact) mass is 380 g/mol. The number of carbonyl (C=O) groups is 1. The minimum atomic E-state index is -0.541. The van der Waals surface area contributed by atoms with Gasteiger partial charge in [-0.25, -0.2) is 19.1 Å². The number of amides is 1. The number of benzene rings is 1. The van der Waals surface area contributed by atoms with Crippen molar-refractivity contribution in [2.45, 2.75) is 46.3 Å². The third-order valence-corrected chi connectivity index (χ3v) is 4.84. The van der Waals surface area contributed by atoms with Crippen molar-refractivity contribution in [2.24, 2.45) is 0 Å². The molecule has 0 radical (unpaired) electrons. The van der Waals surface area contributed by atoms with E-state index in [1.165, 1.54) is 0 Å². The first-order chi connectivity index (χ1) is 13.3. The fourth-order valence-corrected chi connectivity index (χ4v) is 3.66. The summed E-state index contributed by atoms with van der Waals surface area (Å²) in [5, 5.41) is 0. The molecule has 3 aromatic rings. The van der Waals surface area contributed by atoms with Gasteiger partial charge in [0.2, 0.25) is 0 Å². The summed E-state index contributed by atoms with van der Waals surface area (Å²) in [7, 11) is 0. The lowest BCUT2D eigenvalue weighted by molar-refractivity contribution is 0.0584. The lowest BCUT2D eigenvalue weighted by Gasteiger charge is -2.24. The molecule has 0 unspecified atom stereocenters. The van der Waals surface area contributed by atoms with Crippen LogP contribution in [0.4, 0.5) is 10.5 Å². The van der Waals surface area contributed by atoms with Crippen molar-refractivity contribution in [1.29, 1.82) is 0 Å². The molecule has 7 nitrogen and oxygen atoms in total. The van der Waals surface area contributed by atoms with Crippen LogP contribution in [-0.2, 0) is 17.7 Å². The van der Waals surface area contributed by atoms with Gasteiger partial charge in [-0.3, -0.25) is 9.47 Å². The molecule has 0 atom stereocenters. The van der Waals surface area contributed by atoms with Crippen LogP contribution in [0.15, 0.2) is 41.3 Å². The van der Waals surface area contributed by atoms with Crippen molar-refractivity contribution in [3.05, 3.63) is 52.6 Å². The summed E-state index contributed by atoms with van der Waals surface area (Å²) in [6.45, 7) is 8.65. The van der Waals surface area contributed by atoms with Crippen molar-refractivity contribution in [1.82, 2.24) is 14.1 Å². The Labute approximate surface area is 163 Å². The zero-order valence-electron chi connectivity index (χ0n) is 16.6. The number of fused-ring (bicyclic) bond motifs is 2. The molecule has 4 rings (SSSR count). The van der Waals surface area contributed by atoms with E-state index in [0.717, 1.165) is 28.9 Å². The molecule has 1 amide bonds. The minimum Gasteiger partial charge on any atom is -0.443 e. The summed E-state index contributed by atoms with van der Waals surface area (Å²) in [4.78, 5) is 31.5. The Morgan fingerprint density at radius 2 is 2.04 bits per heavy atom. The number of carbonyl (C=O) groups excluding carboxylic acids is 1. The van der Waals surface area contributed by atoms with Crippen molar-refractivity contribution >= 4 is 22.9 Å². The highest BCUT2D eigenvalue weighted by Crippen LogP contribution is 2.31. The van der Waals surface area contributed by atoms with Crippen molar-refractivity contribution in [3.63, 3.8) is 0 Å². The SMILES string of the molecule is CCn1c(=O)n(-c2ccc3c(c2)CCN3C(=O)OC(C)(C)C)c2ncccc21. The number of imidazole rings is 1. The molecule has 28 heavy (non-hydrogen) atoms. The Hall–Kier alpha value is -3.09. The molecule has 7 heteroatoms. The van der Waals surface area contributed by atoms with Gasteiger partial charge in [0.05, 0.1) is 16.9 Å². The van der Waals surface area contributed by atoms with Crippen LogP contribution in [0, 0.1) is 0 Å². The molecule has 0 saturated carbocycles. The summed E-state index contributed by atoms with van der Waals surface area (Å²) in [6.07, 6.45) is 2.06. The van der Waals surface area contributed by atoms with Crippen LogP contribution < -0.4 is 10.6 Å². The molecule has 0 aliphatic carbocycles. The number of anilines is 1. The van der Waals surface area contributed by atoms with Crippen LogP contribution in [-0.4, -0.2) is 32.4 Å². The summed E-state index contributed by atoms with van der Waals surface area (Å²) in [6, 6.07) is 9.44. The number of aromatic nitrogens is 3. The quantitative estimate of drug-likeness (QED) is 0.682. The fraction of sp³-hybridized carbons (Fsp3) is 0.381. The maximum Gasteiger partial charge on any atom is 0.414 e. The molecule has 146 valence electrons.